The van der Waals surface area contributed by atoms with Crippen LogP contribution in [0, 0.1) is 0 Å². The van der Waals surface area contributed by atoms with Crippen molar-refractivity contribution in [3.05, 3.63) is 83.4 Å². The van der Waals surface area contributed by atoms with Crippen molar-refractivity contribution >= 4 is 51.1 Å². The molecule has 13 nitrogen and oxygen atoms in total. The van der Waals surface area contributed by atoms with Crippen LogP contribution in [-0.2, 0) is 15.5 Å². The van der Waals surface area contributed by atoms with E-state index in [4.69, 9.17) is 4.55 Å². The van der Waals surface area contributed by atoms with Crippen molar-refractivity contribution in [2.45, 2.75) is 0 Å². The molecule has 0 spiro atoms. The predicted octanol–water partition coefficient (Wildman–Crippen LogP) is 2.21. The molecule has 2 aromatic heterocycles. The number of aromatic carboxylic acids is 1. The number of aldehydes is 1. The van der Waals surface area contributed by atoms with E-state index >= 15 is 0 Å². The molecule has 202 valence electrons. The lowest BCUT2D eigenvalue weighted by molar-refractivity contribution is -0.734. The van der Waals surface area contributed by atoms with Gasteiger partial charge in [0, 0.05) is 28.3 Å². The number of fused-ring (bicyclic) bond motifs is 1. The SMILES string of the molecule is O=Cc1cc(C(=O)O)ccc1-n1nc(-c2ccc(C(=O)NCCOS(=O)O)cc2)n[n+]1-c1nc2ccccc2s1. The average Bonchev–Trinajstić information content (AvgIpc) is 3.59. The van der Waals surface area contributed by atoms with E-state index in [2.05, 4.69) is 24.7 Å². The van der Waals surface area contributed by atoms with Gasteiger partial charge in [0.05, 0.1) is 16.9 Å². The zero-order valence-electron chi connectivity index (χ0n) is 20.3. The van der Waals surface area contributed by atoms with Gasteiger partial charge in [-0.3, -0.25) is 18.3 Å². The Labute approximate surface area is 232 Å². The van der Waals surface area contributed by atoms with Crippen molar-refractivity contribution in [1.29, 1.82) is 0 Å². The second-order valence-electron chi connectivity index (χ2n) is 8.14. The van der Waals surface area contributed by atoms with Gasteiger partial charge in [-0.15, -0.1) is 0 Å². The Balaban J connectivity index is 1.52. The maximum absolute atomic E-state index is 12.4. The summed E-state index contributed by atoms with van der Waals surface area (Å²) in [5, 5.41) is 21.6. The summed E-state index contributed by atoms with van der Waals surface area (Å²) in [4.78, 5) is 43.2. The quantitative estimate of drug-likeness (QED) is 0.0962. The van der Waals surface area contributed by atoms with E-state index < -0.39 is 23.2 Å². The fraction of sp³-hybridized carbons (Fsp3) is 0.0800. The van der Waals surface area contributed by atoms with Gasteiger partial charge in [-0.1, -0.05) is 28.5 Å². The third kappa shape index (κ3) is 5.67. The molecule has 0 aliphatic rings. The third-order valence-corrected chi connectivity index (χ3v) is 6.98. The number of carbonyl (C=O) groups excluding carboxylic acids is 2. The first-order chi connectivity index (χ1) is 19.3. The van der Waals surface area contributed by atoms with Crippen LogP contribution in [0.3, 0.4) is 0 Å². The van der Waals surface area contributed by atoms with Crippen molar-refractivity contribution in [3.8, 4) is 22.2 Å². The lowest BCUT2D eigenvalue weighted by Gasteiger charge is -2.04. The van der Waals surface area contributed by atoms with Crippen LogP contribution in [0.2, 0.25) is 0 Å². The summed E-state index contributed by atoms with van der Waals surface area (Å²) in [6.45, 7) is -0.0863. The number of carboxylic acids is 1. The highest BCUT2D eigenvalue weighted by atomic mass is 32.2. The third-order valence-electron chi connectivity index (χ3n) is 5.61. The van der Waals surface area contributed by atoms with Crippen LogP contribution >= 0.6 is 11.3 Å². The topological polar surface area (TPSA) is 177 Å². The standard InChI is InChI=1S/C25H18N6O7S2/c32-14-18-13-17(24(34)35)9-10-20(18)30-28-22(29-31(30)25-27-19-3-1-2-4-21(19)39-25)15-5-7-16(8-6-15)23(33)26-11-12-38-40(36)37/h1-10,13-14H,11-12H2,(H2-,26,33,34,35,36,37)/p+1. The molecule has 15 heteroatoms. The van der Waals surface area contributed by atoms with Crippen LogP contribution in [0.5, 0.6) is 0 Å². The number of amides is 1. The molecule has 0 saturated carbocycles. The number of nitrogens with one attached hydrogen (secondary N) is 1. The molecule has 5 aromatic rings. The Kier molecular flexibility index (Phi) is 7.79. The fourth-order valence-electron chi connectivity index (χ4n) is 3.74. The van der Waals surface area contributed by atoms with E-state index in [1.165, 1.54) is 39.1 Å². The average molecular weight is 580 g/mol. The summed E-state index contributed by atoms with van der Waals surface area (Å²) in [5.41, 5.74) is 1.96. The summed E-state index contributed by atoms with van der Waals surface area (Å²) in [6, 6.07) is 18.0. The predicted molar refractivity (Wildman–Crippen MR) is 143 cm³/mol. The van der Waals surface area contributed by atoms with Gasteiger partial charge in [-0.2, -0.15) is 4.21 Å². The van der Waals surface area contributed by atoms with Gasteiger partial charge in [-0.05, 0) is 69.3 Å². The molecule has 1 unspecified atom stereocenters. The maximum atomic E-state index is 12.4. The number of carbonyl (C=O) groups is 3. The Morgan fingerprint density at radius 2 is 1.85 bits per heavy atom. The molecule has 0 radical (unpaired) electrons. The number of hydrogen-bond acceptors (Lipinski definition) is 9. The summed E-state index contributed by atoms with van der Waals surface area (Å²) in [7, 11) is 0. The molecule has 0 fully saturated rings. The monoisotopic (exact) mass is 579 g/mol. The molecule has 1 atom stereocenters. The van der Waals surface area contributed by atoms with Crippen molar-refractivity contribution in [2.75, 3.05) is 13.2 Å². The van der Waals surface area contributed by atoms with Crippen LogP contribution in [0.4, 0.5) is 0 Å². The Morgan fingerprint density at radius 3 is 2.55 bits per heavy atom. The van der Waals surface area contributed by atoms with E-state index in [-0.39, 0.29) is 30.1 Å². The largest absolute Gasteiger partial charge is 0.478 e. The van der Waals surface area contributed by atoms with Crippen LogP contribution in [0.25, 0.3) is 32.4 Å². The van der Waals surface area contributed by atoms with Crippen LogP contribution in [-0.4, -0.2) is 65.2 Å². The zero-order valence-corrected chi connectivity index (χ0v) is 22.0. The number of carboxylic acid groups (broad SMARTS) is 1. The fourth-order valence-corrected chi connectivity index (χ4v) is 4.87. The molecule has 2 heterocycles. The molecule has 0 bridgehead atoms. The molecule has 3 N–H and O–H groups in total. The van der Waals surface area contributed by atoms with E-state index in [1.54, 1.807) is 24.3 Å². The first-order valence-electron chi connectivity index (χ1n) is 11.6. The molecule has 0 aliphatic carbocycles. The lowest BCUT2D eigenvalue weighted by Crippen LogP contribution is -2.43. The van der Waals surface area contributed by atoms with Crippen molar-refractivity contribution < 1.29 is 37.2 Å². The van der Waals surface area contributed by atoms with Gasteiger partial charge in [0.2, 0.25) is 0 Å². The second-order valence-corrected chi connectivity index (χ2v) is 9.81. The number of para-hydroxylation sites is 1. The van der Waals surface area contributed by atoms with Crippen molar-refractivity contribution in [3.63, 3.8) is 0 Å². The van der Waals surface area contributed by atoms with Crippen molar-refractivity contribution in [1.82, 2.24) is 25.3 Å². The summed E-state index contributed by atoms with van der Waals surface area (Å²) in [5.74, 6) is -1.33. The lowest BCUT2D eigenvalue weighted by atomic mass is 10.1. The maximum Gasteiger partial charge on any atom is 0.365 e. The Morgan fingerprint density at radius 1 is 1.10 bits per heavy atom. The minimum Gasteiger partial charge on any atom is -0.478 e. The minimum atomic E-state index is -2.41. The summed E-state index contributed by atoms with van der Waals surface area (Å²) < 4.78 is 24.5. The van der Waals surface area contributed by atoms with E-state index in [0.717, 1.165) is 10.2 Å². The number of benzene rings is 3. The molecular formula is C25H19N6O7S2+. The van der Waals surface area contributed by atoms with Gasteiger partial charge in [0.25, 0.3) is 11.7 Å². The Hall–Kier alpha value is -4.70. The number of tetrazole rings is 1. The highest BCUT2D eigenvalue weighted by Crippen LogP contribution is 2.23. The van der Waals surface area contributed by atoms with E-state index in [9.17, 15) is 23.7 Å². The first kappa shape index (κ1) is 26.9. The molecule has 0 aliphatic heterocycles. The number of hydrogen-bond donors (Lipinski definition) is 3. The van der Waals surface area contributed by atoms with Crippen molar-refractivity contribution in [2.24, 2.45) is 0 Å². The van der Waals surface area contributed by atoms with Crippen LogP contribution in [0.15, 0.2) is 66.7 Å². The molecule has 40 heavy (non-hydrogen) atoms. The normalized spacial score (nSPS) is 11.8. The number of nitrogens with zero attached hydrogens (tertiary/aromatic N) is 5. The zero-order chi connectivity index (χ0) is 28.2. The van der Waals surface area contributed by atoms with E-state index in [0.29, 0.717) is 28.2 Å². The van der Waals surface area contributed by atoms with Gasteiger partial charge in [0.1, 0.15) is 5.69 Å². The number of aromatic nitrogens is 5. The van der Waals surface area contributed by atoms with Gasteiger partial charge < -0.3 is 10.4 Å². The van der Waals surface area contributed by atoms with Gasteiger partial charge in [-0.25, -0.2) is 4.79 Å². The summed E-state index contributed by atoms with van der Waals surface area (Å²) >= 11 is -1.05. The minimum absolute atomic E-state index is 0.0424. The highest BCUT2D eigenvalue weighted by molar-refractivity contribution is 7.74. The molecule has 0 saturated heterocycles. The number of thiazole rings is 1. The molecule has 1 amide bonds. The molecule has 5 rings (SSSR count). The molecule has 3 aromatic carbocycles. The van der Waals surface area contributed by atoms with Crippen LogP contribution in [0.1, 0.15) is 31.1 Å². The van der Waals surface area contributed by atoms with Crippen LogP contribution < -0.4 is 10.1 Å². The van der Waals surface area contributed by atoms with Gasteiger partial charge >= 0.3 is 22.5 Å². The smallest absolute Gasteiger partial charge is 0.365 e. The van der Waals surface area contributed by atoms with Gasteiger partial charge in [0.15, 0.2) is 11.8 Å². The Bertz CT molecular complexity index is 1730. The van der Waals surface area contributed by atoms with E-state index in [1.807, 2.05) is 24.3 Å². The number of rotatable bonds is 10. The second kappa shape index (κ2) is 11.6. The summed E-state index contributed by atoms with van der Waals surface area (Å²) in [6.07, 6.45) is 0.544. The first-order valence-corrected chi connectivity index (χ1v) is 13.4. The highest BCUT2D eigenvalue weighted by Gasteiger charge is 2.26. The molecular weight excluding hydrogens is 560 g/mol.